The summed E-state index contributed by atoms with van der Waals surface area (Å²) in [6.45, 7) is 13.0. The molecule has 0 aromatic carbocycles. The molecule has 0 amide bonds. The van der Waals surface area contributed by atoms with Crippen LogP contribution in [-0.4, -0.2) is 38.7 Å². The summed E-state index contributed by atoms with van der Waals surface area (Å²) in [6.07, 6.45) is 14.3. The molecule has 0 saturated carbocycles. The minimum absolute atomic E-state index is 0.418. The summed E-state index contributed by atoms with van der Waals surface area (Å²) in [7, 11) is 0. The molecule has 24 heavy (non-hydrogen) atoms. The van der Waals surface area contributed by atoms with Gasteiger partial charge in [0.2, 0.25) is 0 Å². The van der Waals surface area contributed by atoms with Crippen LogP contribution in [0.3, 0.4) is 0 Å². The molecule has 0 fully saturated rings. The van der Waals surface area contributed by atoms with Crippen molar-refractivity contribution in [3.8, 4) is 0 Å². The maximum absolute atomic E-state index is 6.39. The van der Waals surface area contributed by atoms with Crippen LogP contribution in [-0.2, 0) is 9.47 Å². The molecule has 3 heteroatoms. The monoisotopic (exact) mass is 448 g/mol. The average molecular weight is 447 g/mol. The van der Waals surface area contributed by atoms with E-state index in [4.69, 9.17) is 9.47 Å². The third-order valence-electron chi connectivity index (χ3n) is 5.31. The van der Waals surface area contributed by atoms with E-state index in [0.717, 1.165) is 6.61 Å². The molecule has 0 bridgehead atoms. The van der Waals surface area contributed by atoms with Gasteiger partial charge in [-0.3, -0.25) is 0 Å². The van der Waals surface area contributed by atoms with E-state index >= 15 is 0 Å². The molecule has 0 heterocycles. The minimum atomic E-state index is -0.499. The van der Waals surface area contributed by atoms with Gasteiger partial charge in [-0.1, -0.05) is 0 Å². The van der Waals surface area contributed by atoms with Gasteiger partial charge in [0.15, 0.2) is 0 Å². The normalized spacial score (nSPS) is 13.4. The Morgan fingerprint density at radius 3 is 2.04 bits per heavy atom. The first-order valence-corrected chi connectivity index (χ1v) is 14.3. The van der Waals surface area contributed by atoms with Gasteiger partial charge in [-0.25, -0.2) is 0 Å². The Kier molecular flexibility index (Phi) is 17.7. The van der Waals surface area contributed by atoms with E-state index in [9.17, 15) is 0 Å². The Balaban J connectivity index is 4.46. The molecule has 2 radical (unpaired) electrons. The van der Waals surface area contributed by atoms with Crippen LogP contribution in [0.15, 0.2) is 0 Å². The molecule has 144 valence electrons. The van der Waals surface area contributed by atoms with E-state index in [1.54, 1.807) is 0 Å². The SMILES string of the molecule is CCCCCCOCO[CH]([Sn][CH2]CCC)C(CC)(CC)CCCC. The molecule has 0 aliphatic rings. The molecule has 0 rings (SSSR count). The maximum atomic E-state index is 6.39. The van der Waals surface area contributed by atoms with E-state index in [0.29, 0.717) is 16.3 Å². The topological polar surface area (TPSA) is 18.5 Å². The van der Waals surface area contributed by atoms with Crippen molar-refractivity contribution in [1.82, 2.24) is 0 Å². The molecule has 0 aromatic rings. The summed E-state index contributed by atoms with van der Waals surface area (Å²) in [5.74, 6) is 0. The molecule has 0 aliphatic carbocycles. The Morgan fingerprint density at radius 1 is 0.792 bits per heavy atom. The number of hydrogen-bond donors (Lipinski definition) is 0. The van der Waals surface area contributed by atoms with Gasteiger partial charge in [-0.05, 0) is 0 Å². The number of rotatable bonds is 18. The Hall–Kier alpha value is 0.719. The first-order valence-electron chi connectivity index (χ1n) is 10.6. The first-order chi connectivity index (χ1) is 11.7. The van der Waals surface area contributed by atoms with E-state index in [1.807, 2.05) is 0 Å². The van der Waals surface area contributed by atoms with Crippen molar-refractivity contribution in [2.45, 2.75) is 114 Å². The molecule has 1 unspecified atom stereocenters. The second kappa shape index (κ2) is 17.1. The Labute approximate surface area is 163 Å². The fourth-order valence-electron chi connectivity index (χ4n) is 3.30. The zero-order chi connectivity index (χ0) is 18.1. The van der Waals surface area contributed by atoms with Gasteiger partial charge < -0.3 is 0 Å². The van der Waals surface area contributed by atoms with Crippen molar-refractivity contribution in [3.05, 3.63) is 0 Å². The molecule has 0 spiro atoms. The molecule has 1 atom stereocenters. The predicted molar refractivity (Wildman–Crippen MR) is 108 cm³/mol. The van der Waals surface area contributed by atoms with Crippen LogP contribution in [0.1, 0.15) is 105 Å². The van der Waals surface area contributed by atoms with Gasteiger partial charge in [0.25, 0.3) is 0 Å². The van der Waals surface area contributed by atoms with Gasteiger partial charge in [0, 0.05) is 0 Å². The summed E-state index contributed by atoms with van der Waals surface area (Å²) < 4.78 is 14.2. The zero-order valence-electron chi connectivity index (χ0n) is 17.3. The molecular formula is C21H44O2Sn. The summed E-state index contributed by atoms with van der Waals surface area (Å²) in [5.41, 5.74) is 0.418. The molecule has 0 aromatic heterocycles. The quantitative estimate of drug-likeness (QED) is 0.131. The molecule has 0 N–H and O–H groups in total. The molecule has 2 nitrogen and oxygen atoms in total. The fourth-order valence-corrected chi connectivity index (χ4v) is 8.99. The van der Waals surface area contributed by atoms with Gasteiger partial charge >= 0.3 is 163 Å². The van der Waals surface area contributed by atoms with Gasteiger partial charge in [-0.15, -0.1) is 0 Å². The van der Waals surface area contributed by atoms with Gasteiger partial charge in [0.1, 0.15) is 0 Å². The van der Waals surface area contributed by atoms with Crippen molar-refractivity contribution >= 4 is 21.1 Å². The summed E-state index contributed by atoms with van der Waals surface area (Å²) in [6, 6.07) is 0. The van der Waals surface area contributed by atoms with E-state index in [1.165, 1.54) is 75.1 Å². The predicted octanol–water partition coefficient (Wildman–Crippen LogP) is 6.80. The van der Waals surface area contributed by atoms with E-state index in [-0.39, 0.29) is 0 Å². The molecular weight excluding hydrogens is 403 g/mol. The third-order valence-corrected chi connectivity index (χ3v) is 10.4. The van der Waals surface area contributed by atoms with Crippen LogP contribution in [0.5, 0.6) is 0 Å². The van der Waals surface area contributed by atoms with Crippen LogP contribution in [0.4, 0.5) is 0 Å². The van der Waals surface area contributed by atoms with Gasteiger partial charge in [-0.2, -0.15) is 0 Å². The second-order valence-corrected chi connectivity index (χ2v) is 11.2. The van der Waals surface area contributed by atoms with Crippen LogP contribution >= 0.6 is 0 Å². The van der Waals surface area contributed by atoms with Crippen LogP contribution in [0, 0.1) is 5.41 Å². The Bertz CT molecular complexity index is 254. The third kappa shape index (κ3) is 10.7. The summed E-state index contributed by atoms with van der Waals surface area (Å²) >= 11 is -0.499. The zero-order valence-corrected chi connectivity index (χ0v) is 20.1. The number of unbranched alkanes of at least 4 members (excludes halogenated alkanes) is 5. The molecule has 0 saturated heterocycles. The van der Waals surface area contributed by atoms with Crippen LogP contribution in [0.2, 0.25) is 4.44 Å². The van der Waals surface area contributed by atoms with Crippen molar-refractivity contribution in [2.75, 3.05) is 13.4 Å². The second-order valence-electron chi connectivity index (χ2n) is 7.11. The van der Waals surface area contributed by atoms with Crippen molar-refractivity contribution in [3.63, 3.8) is 0 Å². The summed E-state index contributed by atoms with van der Waals surface area (Å²) in [5, 5.41) is 0. The fraction of sp³-hybridized carbons (Fsp3) is 1.00. The first kappa shape index (κ1) is 24.7. The summed E-state index contributed by atoms with van der Waals surface area (Å²) in [4.78, 5) is 0. The van der Waals surface area contributed by atoms with E-state index < -0.39 is 21.1 Å². The Morgan fingerprint density at radius 2 is 1.46 bits per heavy atom. The number of ether oxygens (including phenoxy) is 2. The van der Waals surface area contributed by atoms with Crippen molar-refractivity contribution < 1.29 is 9.47 Å². The van der Waals surface area contributed by atoms with Gasteiger partial charge in [0.05, 0.1) is 0 Å². The van der Waals surface area contributed by atoms with Crippen LogP contribution < -0.4 is 0 Å². The standard InChI is InChI=1S/C17H35O2.C4H9.Sn/c1-5-9-11-12-14-18-16-19-15-17(7-3,8-4)13-10-6-2;1-3-4-2;/h15H,5-14,16H2,1-4H3;1,3-4H2,2H3;. The molecule has 0 aliphatic heterocycles. The van der Waals surface area contributed by atoms with E-state index in [2.05, 4.69) is 34.6 Å². The average Bonchev–Trinajstić information content (AvgIpc) is 2.61. The van der Waals surface area contributed by atoms with Crippen LogP contribution in [0.25, 0.3) is 0 Å². The van der Waals surface area contributed by atoms with Crippen molar-refractivity contribution in [1.29, 1.82) is 0 Å². The van der Waals surface area contributed by atoms with Crippen molar-refractivity contribution in [2.24, 2.45) is 5.41 Å². The number of hydrogen-bond acceptors (Lipinski definition) is 2.